The molecular formula is C15H18ClFN2. The minimum atomic E-state index is -0.273. The zero-order valence-corrected chi connectivity index (χ0v) is 11.9. The fourth-order valence-electron chi connectivity index (χ4n) is 2.00. The molecule has 1 atom stereocenters. The van der Waals surface area contributed by atoms with Gasteiger partial charge in [-0.05, 0) is 41.3 Å². The SMILES string of the molecule is CC(C)C(N)c1ccn(Cc2cc(F)ccc2Cl)c1. The Morgan fingerprint density at radius 1 is 1.32 bits per heavy atom. The molecule has 0 amide bonds. The van der Waals surface area contributed by atoms with Crippen LogP contribution in [-0.2, 0) is 6.54 Å². The second-order valence-electron chi connectivity index (χ2n) is 5.12. The lowest BCUT2D eigenvalue weighted by Gasteiger charge is -2.13. The first-order chi connectivity index (χ1) is 8.97. The van der Waals surface area contributed by atoms with Crippen LogP contribution < -0.4 is 5.73 Å². The molecule has 0 saturated carbocycles. The lowest BCUT2D eigenvalue weighted by Crippen LogP contribution is -2.15. The van der Waals surface area contributed by atoms with Crippen LogP contribution in [0.4, 0.5) is 4.39 Å². The summed E-state index contributed by atoms with van der Waals surface area (Å²) in [5, 5.41) is 0.574. The van der Waals surface area contributed by atoms with Crippen molar-refractivity contribution < 1.29 is 4.39 Å². The highest BCUT2D eigenvalue weighted by atomic mass is 35.5. The molecule has 0 bridgehead atoms. The second-order valence-corrected chi connectivity index (χ2v) is 5.53. The first kappa shape index (κ1) is 14.1. The molecule has 2 rings (SSSR count). The molecule has 1 heterocycles. The van der Waals surface area contributed by atoms with Gasteiger partial charge >= 0.3 is 0 Å². The van der Waals surface area contributed by atoms with Crippen molar-refractivity contribution in [3.8, 4) is 0 Å². The standard InChI is InChI=1S/C15H18ClFN2/c1-10(2)15(18)11-5-6-19(8-11)9-12-7-13(17)3-4-14(12)16/h3-8,10,15H,9,18H2,1-2H3. The molecule has 0 aliphatic heterocycles. The first-order valence-corrected chi connectivity index (χ1v) is 6.70. The highest BCUT2D eigenvalue weighted by molar-refractivity contribution is 6.31. The Hall–Kier alpha value is -1.32. The Morgan fingerprint density at radius 2 is 2.05 bits per heavy atom. The summed E-state index contributed by atoms with van der Waals surface area (Å²) in [6.45, 7) is 4.72. The van der Waals surface area contributed by atoms with Gasteiger partial charge in [0.1, 0.15) is 5.82 Å². The molecule has 0 aliphatic rings. The van der Waals surface area contributed by atoms with Crippen LogP contribution in [0.5, 0.6) is 0 Å². The van der Waals surface area contributed by atoms with Crippen molar-refractivity contribution in [3.63, 3.8) is 0 Å². The predicted octanol–water partition coefficient (Wildman–Crippen LogP) is 3.98. The number of nitrogens with zero attached hydrogens (tertiary/aromatic N) is 1. The van der Waals surface area contributed by atoms with Gasteiger partial charge in [0.2, 0.25) is 0 Å². The van der Waals surface area contributed by atoms with Gasteiger partial charge in [0.15, 0.2) is 0 Å². The van der Waals surface area contributed by atoms with Crippen LogP contribution in [0.3, 0.4) is 0 Å². The van der Waals surface area contributed by atoms with E-state index >= 15 is 0 Å². The van der Waals surface area contributed by atoms with Crippen LogP contribution in [0.25, 0.3) is 0 Å². The van der Waals surface area contributed by atoms with Gasteiger partial charge in [-0.2, -0.15) is 0 Å². The average molecular weight is 281 g/mol. The average Bonchev–Trinajstić information content (AvgIpc) is 2.81. The molecule has 4 heteroatoms. The van der Waals surface area contributed by atoms with Gasteiger partial charge in [-0.1, -0.05) is 25.4 Å². The van der Waals surface area contributed by atoms with E-state index in [2.05, 4.69) is 13.8 Å². The quantitative estimate of drug-likeness (QED) is 0.902. The Labute approximate surface area is 118 Å². The molecule has 2 aromatic rings. The van der Waals surface area contributed by atoms with Gasteiger partial charge in [-0.15, -0.1) is 0 Å². The Balaban J connectivity index is 2.18. The van der Waals surface area contributed by atoms with Crippen molar-refractivity contribution in [2.75, 3.05) is 0 Å². The molecule has 0 saturated heterocycles. The van der Waals surface area contributed by atoms with Crippen LogP contribution in [0, 0.1) is 11.7 Å². The maximum absolute atomic E-state index is 13.2. The molecule has 19 heavy (non-hydrogen) atoms. The predicted molar refractivity (Wildman–Crippen MR) is 76.7 cm³/mol. The summed E-state index contributed by atoms with van der Waals surface area (Å²) in [4.78, 5) is 0. The van der Waals surface area contributed by atoms with Gasteiger partial charge in [0, 0.05) is 30.0 Å². The van der Waals surface area contributed by atoms with E-state index in [9.17, 15) is 4.39 Å². The number of halogens is 2. The molecule has 1 aromatic carbocycles. The normalized spacial score (nSPS) is 12.9. The fraction of sp³-hybridized carbons (Fsp3) is 0.333. The van der Waals surface area contributed by atoms with Gasteiger partial charge in [-0.25, -0.2) is 4.39 Å². The van der Waals surface area contributed by atoms with Crippen molar-refractivity contribution in [2.24, 2.45) is 11.7 Å². The Kier molecular flexibility index (Phi) is 4.27. The maximum atomic E-state index is 13.2. The van der Waals surface area contributed by atoms with E-state index in [1.54, 1.807) is 6.07 Å². The summed E-state index contributed by atoms with van der Waals surface area (Å²) < 4.78 is 15.2. The van der Waals surface area contributed by atoms with Crippen LogP contribution in [-0.4, -0.2) is 4.57 Å². The minimum absolute atomic E-state index is 0.0178. The number of aromatic nitrogens is 1. The third-order valence-corrected chi connectivity index (χ3v) is 3.61. The summed E-state index contributed by atoms with van der Waals surface area (Å²) in [5.41, 5.74) is 7.95. The zero-order valence-electron chi connectivity index (χ0n) is 11.1. The third-order valence-electron chi connectivity index (χ3n) is 3.24. The van der Waals surface area contributed by atoms with Crippen molar-refractivity contribution in [3.05, 3.63) is 58.6 Å². The molecule has 2 nitrogen and oxygen atoms in total. The van der Waals surface area contributed by atoms with E-state index in [0.29, 0.717) is 17.5 Å². The fourth-order valence-corrected chi connectivity index (χ4v) is 2.18. The molecule has 1 aromatic heterocycles. The third kappa shape index (κ3) is 3.37. The van der Waals surface area contributed by atoms with Crippen molar-refractivity contribution in [1.29, 1.82) is 0 Å². The summed E-state index contributed by atoms with van der Waals surface area (Å²) in [6.07, 6.45) is 3.94. The van der Waals surface area contributed by atoms with E-state index in [0.717, 1.165) is 11.1 Å². The molecule has 1 unspecified atom stereocenters. The van der Waals surface area contributed by atoms with Crippen LogP contribution in [0.1, 0.15) is 31.0 Å². The van der Waals surface area contributed by atoms with Gasteiger partial charge in [0.05, 0.1) is 0 Å². The molecule has 0 aliphatic carbocycles. The van der Waals surface area contributed by atoms with Crippen molar-refractivity contribution in [2.45, 2.75) is 26.4 Å². The summed E-state index contributed by atoms with van der Waals surface area (Å²) in [5.74, 6) is 0.110. The highest BCUT2D eigenvalue weighted by Gasteiger charge is 2.12. The van der Waals surface area contributed by atoms with Gasteiger partial charge in [-0.3, -0.25) is 0 Å². The van der Waals surface area contributed by atoms with E-state index in [1.165, 1.54) is 12.1 Å². The summed E-state index contributed by atoms with van der Waals surface area (Å²) in [6, 6.07) is 6.42. The van der Waals surface area contributed by atoms with Gasteiger partial charge in [0.25, 0.3) is 0 Å². The van der Waals surface area contributed by atoms with Crippen molar-refractivity contribution in [1.82, 2.24) is 4.57 Å². The number of benzene rings is 1. The van der Waals surface area contributed by atoms with E-state index < -0.39 is 0 Å². The number of hydrogen-bond acceptors (Lipinski definition) is 1. The number of rotatable bonds is 4. The molecule has 0 spiro atoms. The highest BCUT2D eigenvalue weighted by Crippen LogP contribution is 2.22. The summed E-state index contributed by atoms with van der Waals surface area (Å²) in [7, 11) is 0. The lowest BCUT2D eigenvalue weighted by molar-refractivity contribution is 0.513. The Bertz CT molecular complexity index is 563. The Morgan fingerprint density at radius 3 is 2.74 bits per heavy atom. The number of hydrogen-bond donors (Lipinski definition) is 1. The molecule has 2 N–H and O–H groups in total. The second kappa shape index (κ2) is 5.76. The monoisotopic (exact) mass is 280 g/mol. The molecule has 0 fully saturated rings. The zero-order chi connectivity index (χ0) is 14.0. The van der Waals surface area contributed by atoms with Crippen molar-refractivity contribution >= 4 is 11.6 Å². The summed E-state index contributed by atoms with van der Waals surface area (Å²) >= 11 is 6.06. The smallest absolute Gasteiger partial charge is 0.123 e. The van der Waals surface area contributed by atoms with E-state index in [4.69, 9.17) is 17.3 Å². The van der Waals surface area contributed by atoms with E-state index in [1.807, 2.05) is 23.0 Å². The van der Waals surface area contributed by atoms with Crippen LogP contribution in [0.15, 0.2) is 36.7 Å². The topological polar surface area (TPSA) is 30.9 Å². The molecule has 0 radical (unpaired) electrons. The van der Waals surface area contributed by atoms with Crippen LogP contribution >= 0.6 is 11.6 Å². The molecular weight excluding hydrogens is 263 g/mol. The van der Waals surface area contributed by atoms with E-state index in [-0.39, 0.29) is 11.9 Å². The van der Waals surface area contributed by atoms with Gasteiger partial charge < -0.3 is 10.3 Å². The minimum Gasteiger partial charge on any atom is -0.350 e. The van der Waals surface area contributed by atoms with Crippen LogP contribution in [0.2, 0.25) is 5.02 Å². The first-order valence-electron chi connectivity index (χ1n) is 6.32. The maximum Gasteiger partial charge on any atom is 0.123 e. The molecule has 102 valence electrons. The number of nitrogens with two attached hydrogens (primary N) is 1. The lowest BCUT2D eigenvalue weighted by atomic mass is 10.00. The largest absolute Gasteiger partial charge is 0.350 e.